The highest BCUT2D eigenvalue weighted by Crippen LogP contribution is 2.32. The minimum Gasteiger partial charge on any atom is -0.329 e. The van der Waals surface area contributed by atoms with E-state index in [2.05, 4.69) is 20.6 Å². The van der Waals surface area contributed by atoms with Crippen molar-refractivity contribution in [2.45, 2.75) is 56.5 Å². The molecule has 1 fully saturated rings. The van der Waals surface area contributed by atoms with Gasteiger partial charge in [-0.3, -0.25) is 20.8 Å². The van der Waals surface area contributed by atoms with E-state index in [4.69, 9.17) is 11.5 Å². The topological polar surface area (TPSA) is 144 Å². The maximum Gasteiger partial charge on any atom is 0.433 e. The van der Waals surface area contributed by atoms with Crippen LogP contribution in [0.15, 0.2) is 35.2 Å². The Bertz CT molecular complexity index is 833. The number of rotatable bonds is 5. The first-order valence-electron chi connectivity index (χ1n) is 9.57. The molecule has 1 aromatic heterocycles. The Hall–Kier alpha value is -2.73. The van der Waals surface area contributed by atoms with Gasteiger partial charge in [-0.15, -0.1) is 0 Å². The molecule has 0 radical (unpaired) electrons. The Morgan fingerprint density at radius 2 is 2.00 bits per heavy atom. The van der Waals surface area contributed by atoms with Gasteiger partial charge in [0.05, 0.1) is 17.7 Å². The van der Waals surface area contributed by atoms with Crippen LogP contribution in [0.3, 0.4) is 0 Å². The van der Waals surface area contributed by atoms with Gasteiger partial charge in [-0.1, -0.05) is 6.07 Å². The molecule has 0 amide bonds. The van der Waals surface area contributed by atoms with Crippen molar-refractivity contribution in [2.24, 2.45) is 22.4 Å². The van der Waals surface area contributed by atoms with Crippen LogP contribution in [-0.2, 0) is 12.7 Å². The highest BCUT2D eigenvalue weighted by molar-refractivity contribution is 5.83. The van der Waals surface area contributed by atoms with Crippen LogP contribution in [0.2, 0.25) is 0 Å². The molecule has 3 rings (SSSR count). The third-order valence-electron chi connectivity index (χ3n) is 5.38. The lowest BCUT2D eigenvalue weighted by molar-refractivity contribution is -0.437. The molecule has 1 aliphatic heterocycles. The van der Waals surface area contributed by atoms with Gasteiger partial charge in [-0.25, -0.2) is 4.99 Å². The number of alkyl halides is 3. The van der Waals surface area contributed by atoms with Crippen LogP contribution < -0.4 is 22.1 Å². The predicted octanol–water partition coefficient (Wildman–Crippen LogP) is 1.83. The summed E-state index contributed by atoms with van der Waals surface area (Å²) in [5.74, 6) is 0.389. The van der Waals surface area contributed by atoms with Crippen molar-refractivity contribution < 1.29 is 18.1 Å². The zero-order valence-corrected chi connectivity index (χ0v) is 16.2. The summed E-state index contributed by atoms with van der Waals surface area (Å²) in [6, 6.07) is 2.31. The first-order chi connectivity index (χ1) is 14.1. The summed E-state index contributed by atoms with van der Waals surface area (Å²) in [5.41, 5.74) is 10.2. The lowest BCUT2D eigenvalue weighted by Gasteiger charge is -2.37. The van der Waals surface area contributed by atoms with E-state index >= 15 is 0 Å². The smallest absolute Gasteiger partial charge is 0.329 e. The van der Waals surface area contributed by atoms with E-state index in [1.807, 2.05) is 0 Å². The fourth-order valence-corrected chi connectivity index (χ4v) is 3.74. The number of nitro groups is 1. The van der Waals surface area contributed by atoms with Crippen LogP contribution >= 0.6 is 0 Å². The summed E-state index contributed by atoms with van der Waals surface area (Å²) >= 11 is 0. The number of aromatic nitrogens is 1. The van der Waals surface area contributed by atoms with Crippen LogP contribution in [0.1, 0.15) is 43.4 Å². The van der Waals surface area contributed by atoms with E-state index in [-0.39, 0.29) is 30.2 Å². The zero-order valence-electron chi connectivity index (χ0n) is 16.2. The number of aliphatic imine (C=N–C) groups is 1. The van der Waals surface area contributed by atoms with Gasteiger partial charge in [0.1, 0.15) is 5.69 Å². The van der Waals surface area contributed by atoms with Gasteiger partial charge in [0.2, 0.25) is 0 Å². The molecule has 2 aliphatic rings. The second-order valence-electron chi connectivity index (χ2n) is 7.73. The number of pyridine rings is 1. The van der Waals surface area contributed by atoms with E-state index in [0.29, 0.717) is 12.0 Å². The van der Waals surface area contributed by atoms with Gasteiger partial charge in [-0.05, 0) is 49.7 Å². The number of hydrogen-bond acceptors (Lipinski definition) is 6. The number of guanidine groups is 1. The molecule has 0 spiro atoms. The fraction of sp³-hybridized carbons (Fsp3) is 0.556. The van der Waals surface area contributed by atoms with Gasteiger partial charge in [0.25, 0.3) is 0 Å². The summed E-state index contributed by atoms with van der Waals surface area (Å²) in [7, 11) is 0. The minimum absolute atomic E-state index is 0.0243. The molecular weight excluding hydrogens is 403 g/mol. The molecule has 1 aromatic rings. The van der Waals surface area contributed by atoms with Crippen molar-refractivity contribution in [3.63, 3.8) is 0 Å². The monoisotopic (exact) mass is 427 g/mol. The molecule has 9 nitrogen and oxygen atoms in total. The summed E-state index contributed by atoms with van der Waals surface area (Å²) < 4.78 is 37.8. The normalized spacial score (nSPS) is 28.4. The highest BCUT2D eigenvalue weighted by Gasteiger charge is 2.44. The van der Waals surface area contributed by atoms with Crippen molar-refractivity contribution in [3.05, 3.63) is 51.6 Å². The molecule has 1 unspecified atom stereocenters. The van der Waals surface area contributed by atoms with E-state index in [1.54, 1.807) is 0 Å². The van der Waals surface area contributed by atoms with Crippen molar-refractivity contribution in [1.82, 2.24) is 15.6 Å². The van der Waals surface area contributed by atoms with E-state index in [9.17, 15) is 23.3 Å². The third kappa shape index (κ3) is 5.25. The van der Waals surface area contributed by atoms with Crippen molar-refractivity contribution >= 4 is 5.96 Å². The summed E-state index contributed by atoms with van der Waals surface area (Å²) in [6.45, 7) is 0.0243. The molecule has 1 atom stereocenters. The molecule has 12 heteroatoms. The van der Waals surface area contributed by atoms with Gasteiger partial charge in [0, 0.05) is 12.2 Å². The number of hydrogen-bond donors (Lipinski definition) is 4. The fourth-order valence-electron chi connectivity index (χ4n) is 3.74. The highest BCUT2D eigenvalue weighted by atomic mass is 19.4. The van der Waals surface area contributed by atoms with Crippen LogP contribution in [-0.4, -0.2) is 27.6 Å². The van der Waals surface area contributed by atoms with Gasteiger partial charge >= 0.3 is 11.9 Å². The first kappa shape index (κ1) is 22.0. The Balaban J connectivity index is 1.71. The molecular formula is C18H24F3N7O2. The molecule has 30 heavy (non-hydrogen) atoms. The second kappa shape index (κ2) is 8.56. The maximum absolute atomic E-state index is 12.6. The summed E-state index contributed by atoms with van der Waals surface area (Å²) in [4.78, 5) is 18.6. The van der Waals surface area contributed by atoms with Crippen LogP contribution in [0, 0.1) is 16.0 Å². The first-order valence-corrected chi connectivity index (χ1v) is 9.57. The average molecular weight is 427 g/mol. The molecule has 0 aromatic carbocycles. The maximum atomic E-state index is 12.6. The molecule has 1 saturated carbocycles. The van der Waals surface area contributed by atoms with Crippen LogP contribution in [0.25, 0.3) is 0 Å². The van der Waals surface area contributed by atoms with Gasteiger partial charge in [-0.2, -0.15) is 13.2 Å². The molecule has 164 valence electrons. The Kier molecular flexibility index (Phi) is 6.27. The molecule has 1 aliphatic carbocycles. The molecule has 2 heterocycles. The molecule has 0 saturated heterocycles. The average Bonchev–Trinajstić information content (AvgIpc) is 2.67. The van der Waals surface area contributed by atoms with E-state index in [0.717, 1.165) is 37.9 Å². The number of nitrogens with two attached hydrogens (primary N) is 2. The lowest BCUT2D eigenvalue weighted by atomic mass is 9.80. The third-order valence-corrected chi connectivity index (χ3v) is 5.38. The Labute approximate surface area is 171 Å². The second-order valence-corrected chi connectivity index (χ2v) is 7.73. The standard InChI is InChI=1S/C18H24F3N7O2/c19-18(20,21)14-6-3-12(8-24-14)9-25-16-26-10-15(28(29)30)17(23,27-16)7-11-1-4-13(22)5-2-11/h3,6,8,10-11,13H,1-2,4-5,7,9,22-23H2,(H2,25,26,27). The van der Waals surface area contributed by atoms with Crippen LogP contribution in [0.5, 0.6) is 0 Å². The summed E-state index contributed by atoms with van der Waals surface area (Å²) in [5, 5.41) is 17.1. The van der Waals surface area contributed by atoms with Crippen molar-refractivity contribution in [3.8, 4) is 0 Å². The number of nitrogens with zero attached hydrogens (tertiary/aromatic N) is 3. The Morgan fingerprint density at radius 1 is 1.30 bits per heavy atom. The zero-order chi connectivity index (χ0) is 21.9. The van der Waals surface area contributed by atoms with E-state index < -0.39 is 22.5 Å². The Morgan fingerprint density at radius 3 is 2.57 bits per heavy atom. The molecule has 0 bridgehead atoms. The quantitative estimate of drug-likeness (QED) is 0.414. The van der Waals surface area contributed by atoms with Gasteiger partial charge < -0.3 is 16.4 Å². The minimum atomic E-state index is -4.51. The largest absolute Gasteiger partial charge is 0.433 e. The molecule has 6 N–H and O–H groups in total. The number of nitrogens with one attached hydrogen (secondary N) is 2. The van der Waals surface area contributed by atoms with Gasteiger partial charge in [0.15, 0.2) is 11.6 Å². The lowest BCUT2D eigenvalue weighted by Crippen LogP contribution is -2.64. The predicted molar refractivity (Wildman–Crippen MR) is 103 cm³/mol. The summed E-state index contributed by atoms with van der Waals surface area (Å²) in [6.07, 6.45) is 1.49. The SMILES string of the molecule is NC1CCC(CC2(N)NC(=NCc3ccc(C(F)(F)F)nc3)NC=C2[N+](=O)[O-])CC1. The number of halogens is 3. The van der Waals surface area contributed by atoms with Crippen molar-refractivity contribution in [2.75, 3.05) is 0 Å². The van der Waals surface area contributed by atoms with E-state index in [1.165, 1.54) is 12.3 Å². The van der Waals surface area contributed by atoms with Crippen LogP contribution in [0.4, 0.5) is 13.2 Å². The van der Waals surface area contributed by atoms with Crippen molar-refractivity contribution in [1.29, 1.82) is 0 Å².